The molecule has 1 aliphatic rings. The first kappa shape index (κ1) is 18.7. The van der Waals surface area contributed by atoms with E-state index in [4.69, 9.17) is 14.2 Å². The van der Waals surface area contributed by atoms with E-state index in [1.807, 2.05) is 19.9 Å². The van der Waals surface area contributed by atoms with Crippen LogP contribution in [0.3, 0.4) is 0 Å². The molecule has 0 radical (unpaired) electrons. The van der Waals surface area contributed by atoms with Gasteiger partial charge < -0.3 is 14.2 Å². The van der Waals surface area contributed by atoms with Crippen LogP contribution in [0.25, 0.3) is 11.3 Å². The van der Waals surface area contributed by atoms with Gasteiger partial charge in [-0.15, -0.1) is 0 Å². The number of carbonyl (C=O) groups excluding carboxylic acids is 1. The lowest BCUT2D eigenvalue weighted by Crippen LogP contribution is -2.27. The van der Waals surface area contributed by atoms with E-state index in [2.05, 4.69) is 4.98 Å². The van der Waals surface area contributed by atoms with Crippen LogP contribution in [0.4, 0.5) is 0 Å². The zero-order valence-electron chi connectivity index (χ0n) is 15.8. The Morgan fingerprint density at radius 1 is 1.26 bits per heavy atom. The molecule has 2 heterocycles. The van der Waals surface area contributed by atoms with Crippen molar-refractivity contribution >= 4 is 11.5 Å². The van der Waals surface area contributed by atoms with Crippen molar-refractivity contribution < 1.29 is 19.0 Å². The van der Waals surface area contributed by atoms with Crippen LogP contribution in [-0.4, -0.2) is 35.3 Å². The molecule has 2 aromatic rings. The van der Waals surface area contributed by atoms with E-state index >= 15 is 0 Å². The zero-order chi connectivity index (χ0) is 19.6. The molecular weight excluding hydrogens is 348 g/mol. The van der Waals surface area contributed by atoms with Crippen LogP contribution in [-0.2, 0) is 9.53 Å². The van der Waals surface area contributed by atoms with E-state index in [1.165, 1.54) is 11.7 Å². The first-order valence-electron chi connectivity index (χ1n) is 8.80. The van der Waals surface area contributed by atoms with Crippen LogP contribution >= 0.6 is 0 Å². The molecule has 0 spiro atoms. The first-order chi connectivity index (χ1) is 13.0. The smallest absolute Gasteiger partial charge is 0.338 e. The lowest BCUT2D eigenvalue weighted by Gasteiger charge is -2.18. The van der Waals surface area contributed by atoms with Gasteiger partial charge in [0, 0.05) is 5.92 Å². The molecule has 2 unspecified atom stereocenters. The van der Waals surface area contributed by atoms with Crippen molar-refractivity contribution in [1.29, 1.82) is 0 Å². The number of para-hydroxylation sites is 1. The van der Waals surface area contributed by atoms with Gasteiger partial charge in [0.1, 0.15) is 11.7 Å². The van der Waals surface area contributed by atoms with E-state index in [1.54, 1.807) is 37.3 Å². The zero-order valence-corrected chi connectivity index (χ0v) is 15.8. The molecular formula is C20H22N2O5. The Morgan fingerprint density at radius 3 is 2.59 bits per heavy atom. The Balaban J connectivity index is 2.32. The van der Waals surface area contributed by atoms with Crippen LogP contribution in [0, 0.1) is 5.92 Å². The second-order valence-corrected chi connectivity index (χ2v) is 6.24. The summed E-state index contributed by atoms with van der Waals surface area (Å²) in [4.78, 5) is 30.3. The number of ether oxygens (including phenoxy) is 3. The number of hydrogen-bond donors (Lipinski definition) is 0. The van der Waals surface area contributed by atoms with Gasteiger partial charge in [0.2, 0.25) is 5.88 Å². The van der Waals surface area contributed by atoms with Crippen LogP contribution in [0.2, 0.25) is 0 Å². The van der Waals surface area contributed by atoms with Crippen molar-refractivity contribution in [2.24, 2.45) is 5.92 Å². The van der Waals surface area contributed by atoms with Crippen LogP contribution < -0.4 is 15.0 Å². The molecule has 1 aromatic heterocycles. The van der Waals surface area contributed by atoms with Gasteiger partial charge in [-0.1, -0.05) is 31.2 Å². The summed E-state index contributed by atoms with van der Waals surface area (Å²) in [5, 5.41) is 0. The minimum Gasteiger partial charge on any atom is -0.473 e. The molecule has 0 saturated carbocycles. The number of fused-ring (bicyclic) bond motifs is 1. The third kappa shape index (κ3) is 3.45. The fourth-order valence-corrected chi connectivity index (χ4v) is 2.88. The summed E-state index contributed by atoms with van der Waals surface area (Å²) < 4.78 is 17.7. The first-order valence-corrected chi connectivity index (χ1v) is 8.80. The number of hydrogen-bond acceptors (Lipinski definition) is 6. The van der Waals surface area contributed by atoms with Crippen molar-refractivity contribution in [2.45, 2.75) is 26.9 Å². The normalized spacial score (nSPS) is 18.6. The molecule has 0 bridgehead atoms. The Labute approximate surface area is 157 Å². The number of carbonyl (C=O) groups is 1. The molecule has 0 saturated heterocycles. The van der Waals surface area contributed by atoms with Crippen LogP contribution in [0.5, 0.6) is 11.9 Å². The monoisotopic (exact) mass is 370 g/mol. The van der Waals surface area contributed by atoms with Crippen molar-refractivity contribution in [1.82, 2.24) is 9.55 Å². The lowest BCUT2D eigenvalue weighted by atomic mass is 10.0. The Kier molecular flexibility index (Phi) is 5.30. The van der Waals surface area contributed by atoms with Gasteiger partial charge in [-0.05, 0) is 26.0 Å². The fraction of sp³-hybridized carbons (Fsp3) is 0.350. The Hall–Kier alpha value is -3.09. The molecule has 7 nitrogen and oxygen atoms in total. The summed E-state index contributed by atoms with van der Waals surface area (Å²) >= 11 is 0. The molecule has 1 aromatic carbocycles. The second-order valence-electron chi connectivity index (χ2n) is 6.24. The van der Waals surface area contributed by atoms with E-state index in [0.29, 0.717) is 5.69 Å². The molecule has 142 valence electrons. The van der Waals surface area contributed by atoms with E-state index in [0.717, 1.165) is 0 Å². The highest BCUT2D eigenvalue weighted by atomic mass is 16.5. The molecule has 2 atom stereocenters. The highest BCUT2D eigenvalue weighted by Gasteiger charge is 2.32. The fourth-order valence-electron chi connectivity index (χ4n) is 2.88. The number of aromatic nitrogens is 2. The van der Waals surface area contributed by atoms with Gasteiger partial charge in [0.05, 0.1) is 25.0 Å². The maximum Gasteiger partial charge on any atom is 0.338 e. The molecule has 7 heteroatoms. The van der Waals surface area contributed by atoms with Gasteiger partial charge in [-0.2, -0.15) is 4.98 Å². The van der Waals surface area contributed by atoms with E-state index in [9.17, 15) is 9.59 Å². The summed E-state index contributed by atoms with van der Waals surface area (Å²) in [6, 6.07) is 9.04. The molecule has 0 N–H and O–H groups in total. The minimum absolute atomic E-state index is 0.0696. The molecule has 27 heavy (non-hydrogen) atoms. The molecule has 0 fully saturated rings. The molecule has 1 aliphatic heterocycles. The van der Waals surface area contributed by atoms with Crippen molar-refractivity contribution in [3.05, 3.63) is 52.3 Å². The number of benzene rings is 1. The summed E-state index contributed by atoms with van der Waals surface area (Å²) in [5.41, 5.74) is 0.356. The molecule has 3 rings (SSSR count). The van der Waals surface area contributed by atoms with E-state index in [-0.39, 0.29) is 41.7 Å². The predicted molar refractivity (Wildman–Crippen MR) is 100 cm³/mol. The van der Waals surface area contributed by atoms with E-state index < -0.39 is 11.5 Å². The van der Waals surface area contributed by atoms with Gasteiger partial charge >= 0.3 is 12.0 Å². The standard InChI is InChI=1S/C20H22N2O5/c1-5-26-19(24)15-11-12(2)13(3)27-17-16(15)18(23)22(20(21-17)25-4)14-9-7-6-8-10-14/h6-13H,5H2,1-4H3. The summed E-state index contributed by atoms with van der Waals surface area (Å²) in [6.07, 6.45) is 1.43. The molecule has 0 aliphatic carbocycles. The summed E-state index contributed by atoms with van der Waals surface area (Å²) in [5.74, 6) is -0.624. The van der Waals surface area contributed by atoms with Crippen molar-refractivity contribution in [3.8, 4) is 17.6 Å². The SMILES string of the molecule is CCOC(=O)C1=CC(C)C(C)Oc2nc(OC)n(-c3ccccc3)c(=O)c21. The summed E-state index contributed by atoms with van der Waals surface area (Å²) in [7, 11) is 1.43. The summed E-state index contributed by atoms with van der Waals surface area (Å²) in [6.45, 7) is 5.68. The Bertz CT molecular complexity index is 933. The van der Waals surface area contributed by atoms with Crippen LogP contribution in [0.15, 0.2) is 41.2 Å². The third-order valence-electron chi connectivity index (χ3n) is 4.45. The second kappa shape index (κ2) is 7.65. The average molecular weight is 370 g/mol. The molecule has 0 amide bonds. The van der Waals surface area contributed by atoms with Gasteiger partial charge in [0.25, 0.3) is 5.56 Å². The largest absolute Gasteiger partial charge is 0.473 e. The quantitative estimate of drug-likeness (QED) is 0.770. The van der Waals surface area contributed by atoms with Crippen molar-refractivity contribution in [3.63, 3.8) is 0 Å². The predicted octanol–water partition coefficient (Wildman–Crippen LogP) is 2.60. The van der Waals surface area contributed by atoms with Gasteiger partial charge in [0.15, 0.2) is 0 Å². The third-order valence-corrected chi connectivity index (χ3v) is 4.45. The van der Waals surface area contributed by atoms with Gasteiger partial charge in [-0.3, -0.25) is 4.79 Å². The van der Waals surface area contributed by atoms with Gasteiger partial charge in [-0.25, -0.2) is 9.36 Å². The van der Waals surface area contributed by atoms with Crippen molar-refractivity contribution in [2.75, 3.05) is 13.7 Å². The lowest BCUT2D eigenvalue weighted by molar-refractivity contribution is -0.136. The Morgan fingerprint density at radius 2 is 1.96 bits per heavy atom. The number of esters is 1. The maximum atomic E-state index is 13.4. The number of methoxy groups -OCH3 is 1. The van der Waals surface area contributed by atoms with Crippen LogP contribution in [0.1, 0.15) is 26.3 Å². The number of rotatable bonds is 4. The maximum absolute atomic E-state index is 13.4. The highest BCUT2D eigenvalue weighted by Crippen LogP contribution is 2.32. The average Bonchev–Trinajstić information content (AvgIpc) is 2.79. The highest BCUT2D eigenvalue weighted by molar-refractivity contribution is 6.17. The number of nitrogens with zero attached hydrogens (tertiary/aromatic N) is 2. The minimum atomic E-state index is -0.577. The topological polar surface area (TPSA) is 79.7 Å².